The lowest BCUT2D eigenvalue weighted by atomic mass is 9.82. The summed E-state index contributed by atoms with van der Waals surface area (Å²) in [5.74, 6) is -4.50. The summed E-state index contributed by atoms with van der Waals surface area (Å²) >= 11 is 0. The van der Waals surface area contributed by atoms with Crippen LogP contribution >= 0.6 is 0 Å². The van der Waals surface area contributed by atoms with E-state index in [9.17, 15) is 24.6 Å². The van der Waals surface area contributed by atoms with E-state index in [2.05, 4.69) is 5.32 Å². The molecule has 6 nitrogen and oxygen atoms in total. The fourth-order valence-electron chi connectivity index (χ4n) is 2.52. The molecule has 116 valence electrons. The zero-order valence-corrected chi connectivity index (χ0v) is 12.0. The van der Waals surface area contributed by atoms with Gasteiger partial charge in [-0.05, 0) is 43.0 Å². The van der Waals surface area contributed by atoms with Gasteiger partial charge in [0, 0.05) is 17.6 Å². The average molecular weight is 301 g/mol. The van der Waals surface area contributed by atoms with Gasteiger partial charge in [-0.15, -0.1) is 0 Å². The number of carbonyl (C=O) groups is 3. The smallest absolute Gasteiger partial charge is 0.228 e. The summed E-state index contributed by atoms with van der Waals surface area (Å²) in [6.07, 6.45) is 4.10. The van der Waals surface area contributed by atoms with E-state index in [0.717, 1.165) is 0 Å². The minimum Gasteiger partial charge on any atom is -0.550 e. The standard InChI is InChI=1S/C16H17NO5/c1-9-8-10(15(19)20)6-7-13(9)17-14(18)11-4-2-3-5-12(11)16(21)22/h2-3,6-8,11-12H,4-5H2,1H3,(H,17,18)(H,19,20)(H,21,22)/p-2/t11-,12+/m1/s1. The van der Waals surface area contributed by atoms with Crippen LogP contribution in [0, 0.1) is 18.8 Å². The van der Waals surface area contributed by atoms with Crippen molar-refractivity contribution in [2.45, 2.75) is 19.8 Å². The summed E-state index contributed by atoms with van der Waals surface area (Å²) in [4.78, 5) is 34.2. The van der Waals surface area contributed by atoms with Crippen LogP contribution in [0.1, 0.15) is 28.8 Å². The first-order valence-electron chi connectivity index (χ1n) is 6.89. The van der Waals surface area contributed by atoms with Gasteiger partial charge >= 0.3 is 0 Å². The molecule has 1 amide bonds. The summed E-state index contributed by atoms with van der Waals surface area (Å²) in [6.45, 7) is 1.65. The number of amides is 1. The number of nitrogens with one attached hydrogen (secondary N) is 1. The normalized spacial score (nSPS) is 20.4. The molecule has 0 aliphatic heterocycles. The highest BCUT2D eigenvalue weighted by molar-refractivity contribution is 5.96. The van der Waals surface area contributed by atoms with Crippen LogP contribution in [0.3, 0.4) is 0 Å². The third kappa shape index (κ3) is 3.33. The monoisotopic (exact) mass is 301 g/mol. The molecule has 0 heterocycles. The lowest BCUT2D eigenvalue weighted by molar-refractivity contribution is -0.313. The van der Waals surface area contributed by atoms with Gasteiger partial charge in [-0.25, -0.2) is 0 Å². The van der Waals surface area contributed by atoms with Gasteiger partial charge in [0.25, 0.3) is 0 Å². The molecular weight excluding hydrogens is 286 g/mol. The number of carboxylic acid groups (broad SMARTS) is 2. The van der Waals surface area contributed by atoms with Crippen molar-refractivity contribution in [2.75, 3.05) is 5.32 Å². The number of carbonyl (C=O) groups excluding carboxylic acids is 3. The number of anilines is 1. The molecule has 6 heteroatoms. The zero-order valence-electron chi connectivity index (χ0n) is 12.0. The zero-order chi connectivity index (χ0) is 16.3. The van der Waals surface area contributed by atoms with E-state index >= 15 is 0 Å². The van der Waals surface area contributed by atoms with Crippen LogP contribution in [-0.4, -0.2) is 17.8 Å². The fourth-order valence-corrected chi connectivity index (χ4v) is 2.52. The highest BCUT2D eigenvalue weighted by Gasteiger charge is 2.29. The van der Waals surface area contributed by atoms with E-state index in [0.29, 0.717) is 17.7 Å². The first kappa shape index (κ1) is 15.8. The summed E-state index contributed by atoms with van der Waals surface area (Å²) in [6, 6.07) is 4.18. The summed E-state index contributed by atoms with van der Waals surface area (Å²) in [5, 5.41) is 24.5. The van der Waals surface area contributed by atoms with E-state index in [1.165, 1.54) is 18.2 Å². The van der Waals surface area contributed by atoms with Crippen LogP contribution < -0.4 is 15.5 Å². The second-order valence-corrected chi connectivity index (χ2v) is 5.28. The van der Waals surface area contributed by atoms with E-state index < -0.39 is 29.7 Å². The van der Waals surface area contributed by atoms with Crippen molar-refractivity contribution >= 4 is 23.5 Å². The summed E-state index contributed by atoms with van der Waals surface area (Å²) in [5.41, 5.74) is 1.02. The Morgan fingerprint density at radius 1 is 1.09 bits per heavy atom. The molecule has 0 saturated heterocycles. The molecule has 1 aliphatic carbocycles. The van der Waals surface area contributed by atoms with E-state index in [4.69, 9.17) is 0 Å². The van der Waals surface area contributed by atoms with Gasteiger partial charge in [-0.1, -0.05) is 18.2 Å². The minimum atomic E-state index is -1.30. The van der Waals surface area contributed by atoms with Crippen LogP contribution in [0.5, 0.6) is 0 Å². The van der Waals surface area contributed by atoms with Gasteiger partial charge in [0.1, 0.15) is 0 Å². The van der Waals surface area contributed by atoms with E-state index in [1.807, 2.05) is 0 Å². The number of benzene rings is 1. The van der Waals surface area contributed by atoms with Gasteiger partial charge in [0.15, 0.2) is 0 Å². The van der Waals surface area contributed by atoms with Gasteiger partial charge in [-0.2, -0.15) is 0 Å². The molecule has 1 aromatic rings. The van der Waals surface area contributed by atoms with Gasteiger partial charge in [-0.3, -0.25) is 4.79 Å². The van der Waals surface area contributed by atoms with Crippen molar-refractivity contribution in [3.8, 4) is 0 Å². The van der Waals surface area contributed by atoms with Crippen molar-refractivity contribution in [3.63, 3.8) is 0 Å². The maximum absolute atomic E-state index is 12.3. The maximum atomic E-state index is 12.3. The van der Waals surface area contributed by atoms with E-state index in [1.54, 1.807) is 19.1 Å². The molecule has 22 heavy (non-hydrogen) atoms. The van der Waals surface area contributed by atoms with Crippen molar-refractivity contribution in [1.29, 1.82) is 0 Å². The number of hydrogen-bond donors (Lipinski definition) is 1. The molecule has 2 atom stereocenters. The summed E-state index contributed by atoms with van der Waals surface area (Å²) in [7, 11) is 0. The Morgan fingerprint density at radius 2 is 1.73 bits per heavy atom. The molecule has 0 fully saturated rings. The molecule has 0 bridgehead atoms. The molecular formula is C16H15NO5-2. The van der Waals surface area contributed by atoms with Gasteiger partial charge in [0.05, 0.1) is 11.9 Å². The van der Waals surface area contributed by atoms with Crippen LogP contribution in [0.2, 0.25) is 0 Å². The molecule has 2 rings (SSSR count). The largest absolute Gasteiger partial charge is 0.550 e. The molecule has 0 unspecified atom stereocenters. The number of rotatable bonds is 4. The van der Waals surface area contributed by atoms with E-state index in [-0.39, 0.29) is 12.0 Å². The fraction of sp³-hybridized carbons (Fsp3) is 0.312. The lowest BCUT2D eigenvalue weighted by Gasteiger charge is -2.28. The Bertz CT molecular complexity index is 650. The Hall–Kier alpha value is -2.63. The first-order chi connectivity index (χ1) is 10.4. The van der Waals surface area contributed by atoms with Crippen molar-refractivity contribution in [1.82, 2.24) is 0 Å². The number of aryl methyl sites for hydroxylation is 1. The SMILES string of the molecule is Cc1cc(C(=O)[O-])ccc1NC(=O)[C@@H]1CC=CC[C@@H]1C(=O)[O-]. The summed E-state index contributed by atoms with van der Waals surface area (Å²) < 4.78 is 0. The molecule has 0 spiro atoms. The van der Waals surface area contributed by atoms with Crippen LogP contribution in [0.25, 0.3) is 0 Å². The maximum Gasteiger partial charge on any atom is 0.228 e. The van der Waals surface area contributed by atoms with Gasteiger partial charge < -0.3 is 25.1 Å². The Morgan fingerprint density at radius 3 is 2.27 bits per heavy atom. The molecule has 1 aliphatic rings. The second kappa shape index (κ2) is 6.43. The van der Waals surface area contributed by atoms with Gasteiger partial charge in [0.2, 0.25) is 5.91 Å². The van der Waals surface area contributed by atoms with Crippen LogP contribution in [0.4, 0.5) is 5.69 Å². The number of aliphatic carboxylic acids is 1. The number of hydrogen-bond acceptors (Lipinski definition) is 5. The molecule has 0 aromatic heterocycles. The minimum absolute atomic E-state index is 0.0173. The molecule has 0 saturated carbocycles. The lowest BCUT2D eigenvalue weighted by Crippen LogP contribution is -2.41. The number of allylic oxidation sites excluding steroid dienone is 2. The highest BCUT2D eigenvalue weighted by atomic mass is 16.4. The predicted molar refractivity (Wildman–Crippen MR) is 74.5 cm³/mol. The van der Waals surface area contributed by atoms with Crippen molar-refractivity contribution in [2.24, 2.45) is 11.8 Å². The topological polar surface area (TPSA) is 109 Å². The quantitative estimate of drug-likeness (QED) is 0.763. The number of carboxylic acids is 2. The second-order valence-electron chi connectivity index (χ2n) is 5.28. The van der Waals surface area contributed by atoms with Crippen LogP contribution in [0.15, 0.2) is 30.4 Å². The molecule has 1 N–H and O–H groups in total. The van der Waals surface area contributed by atoms with Crippen LogP contribution in [-0.2, 0) is 9.59 Å². The highest BCUT2D eigenvalue weighted by Crippen LogP contribution is 2.27. The molecule has 0 radical (unpaired) electrons. The first-order valence-corrected chi connectivity index (χ1v) is 6.89. The van der Waals surface area contributed by atoms with Crippen molar-refractivity contribution in [3.05, 3.63) is 41.5 Å². The van der Waals surface area contributed by atoms with Crippen molar-refractivity contribution < 1.29 is 24.6 Å². The molecule has 1 aromatic carbocycles. The number of aromatic carboxylic acids is 1. The third-order valence-corrected chi connectivity index (χ3v) is 3.79. The predicted octanol–water partition coefficient (Wildman–Crippen LogP) is -0.371. The average Bonchev–Trinajstić information content (AvgIpc) is 2.48. The Labute approximate surface area is 127 Å². The Balaban J connectivity index is 2.16. The Kier molecular flexibility index (Phi) is 4.60. The third-order valence-electron chi connectivity index (χ3n) is 3.79.